The summed E-state index contributed by atoms with van der Waals surface area (Å²) in [6.07, 6.45) is 3.45. The Kier molecular flexibility index (Phi) is 9.34. The van der Waals surface area contributed by atoms with Gasteiger partial charge in [-0.15, -0.1) is 35.3 Å². The Balaban J connectivity index is 0.00000288. The van der Waals surface area contributed by atoms with E-state index in [0.717, 1.165) is 23.8 Å². The molecule has 9 heteroatoms. The van der Waals surface area contributed by atoms with Crippen molar-refractivity contribution in [3.8, 4) is 0 Å². The van der Waals surface area contributed by atoms with Crippen molar-refractivity contribution in [2.45, 2.75) is 39.3 Å². The predicted octanol–water partition coefficient (Wildman–Crippen LogP) is 2.36. The third-order valence-electron chi connectivity index (χ3n) is 3.68. The van der Waals surface area contributed by atoms with Crippen LogP contribution in [-0.4, -0.2) is 54.7 Å². The topological polar surface area (TPSA) is 78.8 Å². The van der Waals surface area contributed by atoms with E-state index in [1.54, 1.807) is 23.3 Å². The SMILES string of the molecule is CCOC(=O)N1CCC(NC(=NC)NCc2cnc(C)s2)CC1.I. The minimum absolute atomic E-state index is 0. The number of halogens is 1. The number of piperidine rings is 1. The second-order valence-corrected chi connectivity index (χ2v) is 6.70. The van der Waals surface area contributed by atoms with Crippen LogP contribution in [0.2, 0.25) is 0 Å². The van der Waals surface area contributed by atoms with E-state index < -0.39 is 0 Å². The molecule has 1 aliphatic heterocycles. The highest BCUT2D eigenvalue weighted by Crippen LogP contribution is 2.12. The van der Waals surface area contributed by atoms with E-state index in [-0.39, 0.29) is 30.1 Å². The molecule has 0 saturated carbocycles. The number of carbonyl (C=O) groups is 1. The van der Waals surface area contributed by atoms with Gasteiger partial charge in [0.15, 0.2) is 5.96 Å². The van der Waals surface area contributed by atoms with Crippen molar-refractivity contribution in [3.63, 3.8) is 0 Å². The Labute approximate surface area is 164 Å². The fourth-order valence-corrected chi connectivity index (χ4v) is 3.20. The average Bonchev–Trinajstić information content (AvgIpc) is 2.97. The molecule has 1 fully saturated rings. The Morgan fingerprint density at radius 3 is 2.75 bits per heavy atom. The number of aromatic nitrogens is 1. The molecule has 1 aromatic rings. The van der Waals surface area contributed by atoms with Gasteiger partial charge in [-0.1, -0.05) is 0 Å². The van der Waals surface area contributed by atoms with Crippen molar-refractivity contribution in [1.29, 1.82) is 0 Å². The van der Waals surface area contributed by atoms with Gasteiger partial charge in [0.1, 0.15) is 0 Å². The molecule has 1 amide bonds. The predicted molar refractivity (Wildman–Crippen MR) is 107 cm³/mol. The van der Waals surface area contributed by atoms with E-state index in [1.807, 2.05) is 20.0 Å². The Hall–Kier alpha value is -1.10. The minimum atomic E-state index is -0.214. The molecular formula is C15H26IN5O2S. The zero-order valence-electron chi connectivity index (χ0n) is 14.4. The first-order chi connectivity index (χ1) is 11.1. The second-order valence-electron chi connectivity index (χ2n) is 5.38. The van der Waals surface area contributed by atoms with Gasteiger partial charge in [-0.2, -0.15) is 0 Å². The van der Waals surface area contributed by atoms with Crippen molar-refractivity contribution < 1.29 is 9.53 Å². The molecule has 0 aliphatic carbocycles. The molecule has 1 aliphatic rings. The van der Waals surface area contributed by atoms with Crippen molar-refractivity contribution in [3.05, 3.63) is 16.1 Å². The highest BCUT2D eigenvalue weighted by Gasteiger charge is 2.23. The van der Waals surface area contributed by atoms with Gasteiger partial charge in [0.05, 0.1) is 18.2 Å². The molecule has 0 aromatic carbocycles. The fourth-order valence-electron chi connectivity index (χ4n) is 2.47. The van der Waals surface area contributed by atoms with Crippen LogP contribution in [0, 0.1) is 6.92 Å². The number of nitrogens with one attached hydrogen (secondary N) is 2. The zero-order chi connectivity index (χ0) is 16.7. The van der Waals surface area contributed by atoms with Gasteiger partial charge >= 0.3 is 6.09 Å². The van der Waals surface area contributed by atoms with E-state index in [4.69, 9.17) is 4.74 Å². The number of likely N-dealkylation sites (tertiary alicyclic amines) is 1. The van der Waals surface area contributed by atoms with Gasteiger partial charge in [0.25, 0.3) is 0 Å². The number of aryl methyl sites for hydroxylation is 1. The molecule has 2 heterocycles. The molecule has 0 spiro atoms. The lowest BCUT2D eigenvalue weighted by Gasteiger charge is -2.32. The van der Waals surface area contributed by atoms with Crippen LogP contribution in [-0.2, 0) is 11.3 Å². The van der Waals surface area contributed by atoms with Crippen molar-refractivity contribution in [1.82, 2.24) is 20.5 Å². The number of hydrogen-bond acceptors (Lipinski definition) is 5. The van der Waals surface area contributed by atoms with E-state index >= 15 is 0 Å². The van der Waals surface area contributed by atoms with Gasteiger partial charge in [-0.25, -0.2) is 9.78 Å². The van der Waals surface area contributed by atoms with E-state index in [1.165, 1.54) is 4.88 Å². The molecule has 136 valence electrons. The van der Waals surface area contributed by atoms with Crippen molar-refractivity contribution in [2.24, 2.45) is 4.99 Å². The van der Waals surface area contributed by atoms with Crippen molar-refractivity contribution >= 4 is 47.4 Å². The summed E-state index contributed by atoms with van der Waals surface area (Å²) >= 11 is 1.68. The molecule has 2 N–H and O–H groups in total. The highest BCUT2D eigenvalue weighted by atomic mass is 127. The third-order valence-corrected chi connectivity index (χ3v) is 4.60. The maximum Gasteiger partial charge on any atom is 0.409 e. The van der Waals surface area contributed by atoms with Crippen LogP contribution >= 0.6 is 35.3 Å². The van der Waals surface area contributed by atoms with Crippen LogP contribution in [0.3, 0.4) is 0 Å². The molecule has 0 unspecified atom stereocenters. The van der Waals surface area contributed by atoms with Crippen LogP contribution in [0.5, 0.6) is 0 Å². The van der Waals surface area contributed by atoms with Gasteiger partial charge in [-0.3, -0.25) is 4.99 Å². The Morgan fingerprint density at radius 2 is 2.21 bits per heavy atom. The van der Waals surface area contributed by atoms with Crippen LogP contribution < -0.4 is 10.6 Å². The number of nitrogens with zero attached hydrogens (tertiary/aromatic N) is 3. The summed E-state index contributed by atoms with van der Waals surface area (Å²) in [6.45, 7) is 6.38. The molecule has 0 radical (unpaired) electrons. The van der Waals surface area contributed by atoms with Crippen molar-refractivity contribution in [2.75, 3.05) is 26.7 Å². The van der Waals surface area contributed by atoms with Gasteiger partial charge in [-0.05, 0) is 26.7 Å². The number of amides is 1. The lowest BCUT2D eigenvalue weighted by molar-refractivity contribution is 0.0963. The quantitative estimate of drug-likeness (QED) is 0.404. The van der Waals surface area contributed by atoms with Gasteiger partial charge in [0.2, 0.25) is 0 Å². The molecule has 7 nitrogen and oxygen atoms in total. The third kappa shape index (κ3) is 6.42. The molecule has 24 heavy (non-hydrogen) atoms. The summed E-state index contributed by atoms with van der Waals surface area (Å²) in [5.74, 6) is 0.783. The van der Waals surface area contributed by atoms with E-state index in [9.17, 15) is 4.79 Å². The molecule has 0 bridgehead atoms. The molecule has 1 saturated heterocycles. The number of aliphatic imine (C=N–C) groups is 1. The molecule has 2 rings (SSSR count). The first-order valence-corrected chi connectivity index (χ1v) is 8.74. The number of thiazole rings is 1. The van der Waals surface area contributed by atoms with Gasteiger partial charge < -0.3 is 20.3 Å². The monoisotopic (exact) mass is 467 g/mol. The number of hydrogen-bond donors (Lipinski definition) is 2. The Bertz CT molecular complexity index is 544. The van der Waals surface area contributed by atoms with E-state index in [0.29, 0.717) is 32.3 Å². The summed E-state index contributed by atoms with van der Waals surface area (Å²) in [5.41, 5.74) is 0. The Morgan fingerprint density at radius 1 is 1.50 bits per heavy atom. The summed E-state index contributed by atoms with van der Waals surface area (Å²) in [5, 5.41) is 7.79. The van der Waals surface area contributed by atoms with E-state index in [2.05, 4.69) is 20.6 Å². The normalized spacial score (nSPS) is 15.6. The summed E-state index contributed by atoms with van der Waals surface area (Å²) in [6, 6.07) is 0.315. The largest absolute Gasteiger partial charge is 0.450 e. The van der Waals surface area contributed by atoms with Crippen LogP contribution in [0.4, 0.5) is 4.79 Å². The molecular weight excluding hydrogens is 441 g/mol. The summed E-state index contributed by atoms with van der Waals surface area (Å²) < 4.78 is 5.03. The lowest BCUT2D eigenvalue weighted by atomic mass is 10.1. The highest BCUT2D eigenvalue weighted by molar-refractivity contribution is 14.0. The zero-order valence-corrected chi connectivity index (χ0v) is 17.5. The standard InChI is InChI=1S/C15H25N5O2S.HI/c1-4-22-15(21)20-7-5-12(6-8-20)19-14(16-3)18-10-13-9-17-11(2)23-13;/h9,12H,4-8,10H2,1-3H3,(H2,16,18,19);1H. The number of ether oxygens (including phenoxy) is 1. The maximum absolute atomic E-state index is 11.7. The first-order valence-electron chi connectivity index (χ1n) is 7.92. The molecule has 1 aromatic heterocycles. The average molecular weight is 467 g/mol. The summed E-state index contributed by atoms with van der Waals surface area (Å²) in [7, 11) is 1.76. The maximum atomic E-state index is 11.7. The fraction of sp³-hybridized carbons (Fsp3) is 0.667. The smallest absolute Gasteiger partial charge is 0.409 e. The first kappa shape index (κ1) is 20.9. The van der Waals surface area contributed by atoms with Gasteiger partial charge in [0, 0.05) is 37.3 Å². The number of guanidine groups is 1. The number of carbonyl (C=O) groups excluding carboxylic acids is 1. The lowest BCUT2D eigenvalue weighted by Crippen LogP contribution is -2.49. The van der Waals surface area contributed by atoms with Crippen LogP contribution in [0.25, 0.3) is 0 Å². The number of rotatable bonds is 4. The second kappa shape index (κ2) is 10.7. The minimum Gasteiger partial charge on any atom is -0.450 e. The van der Waals surface area contributed by atoms with Crippen LogP contribution in [0.1, 0.15) is 29.7 Å². The van der Waals surface area contributed by atoms with Crippen LogP contribution in [0.15, 0.2) is 11.2 Å². The molecule has 0 atom stereocenters. The summed E-state index contributed by atoms with van der Waals surface area (Å²) in [4.78, 5) is 23.1.